The smallest absolute Gasteiger partial charge is 0.326 e. The van der Waals surface area contributed by atoms with E-state index in [1.54, 1.807) is 0 Å². The number of hydrogen-bond donors (Lipinski definition) is 3. The van der Waals surface area contributed by atoms with Gasteiger partial charge in [-0.25, -0.2) is 4.79 Å². The molecule has 0 aliphatic heterocycles. The fraction of sp³-hybridized carbons (Fsp3) is 0.583. The third-order valence-electron chi connectivity index (χ3n) is 2.32. The number of hydrogen-bond acceptors (Lipinski definition) is 3. The van der Waals surface area contributed by atoms with E-state index in [-0.39, 0.29) is 12.8 Å². The molecule has 0 saturated carbocycles. The first-order valence-corrected chi connectivity index (χ1v) is 5.85. The van der Waals surface area contributed by atoms with Crippen LogP contribution in [0.3, 0.4) is 0 Å². The van der Waals surface area contributed by atoms with Gasteiger partial charge < -0.3 is 16.2 Å². The lowest BCUT2D eigenvalue weighted by molar-refractivity contribution is -0.141. The van der Waals surface area contributed by atoms with Gasteiger partial charge in [0.05, 0.1) is 0 Å². The highest BCUT2D eigenvalue weighted by atomic mass is 16.4. The number of amides is 2. The van der Waals surface area contributed by atoms with Crippen LogP contribution in [-0.2, 0) is 14.4 Å². The number of rotatable bonds is 8. The number of allylic oxidation sites excluding steroid dienone is 1. The van der Waals surface area contributed by atoms with Crippen LogP contribution in [0.15, 0.2) is 11.6 Å². The average molecular weight is 256 g/mol. The quantitative estimate of drug-likeness (QED) is 0.551. The molecule has 0 rings (SSSR count). The van der Waals surface area contributed by atoms with Crippen LogP contribution < -0.4 is 11.1 Å². The number of nitrogens with two attached hydrogens (primary N) is 1. The lowest BCUT2D eigenvalue weighted by Crippen LogP contribution is -2.40. The molecular formula is C12H20N2O4. The number of primary amides is 1. The van der Waals surface area contributed by atoms with Crippen molar-refractivity contribution in [2.75, 3.05) is 0 Å². The second-order valence-corrected chi connectivity index (χ2v) is 4.15. The molecule has 0 aliphatic carbocycles. The van der Waals surface area contributed by atoms with Crippen molar-refractivity contribution >= 4 is 17.8 Å². The van der Waals surface area contributed by atoms with E-state index in [0.717, 1.165) is 18.4 Å². The van der Waals surface area contributed by atoms with Crippen LogP contribution in [0.2, 0.25) is 0 Å². The predicted molar refractivity (Wildman–Crippen MR) is 66.7 cm³/mol. The zero-order valence-corrected chi connectivity index (χ0v) is 10.7. The molecule has 0 spiro atoms. The molecule has 6 nitrogen and oxygen atoms in total. The van der Waals surface area contributed by atoms with Gasteiger partial charge in [0.2, 0.25) is 11.8 Å². The van der Waals surface area contributed by atoms with Crippen LogP contribution in [0.25, 0.3) is 0 Å². The number of carboxylic acids is 1. The Morgan fingerprint density at radius 1 is 1.33 bits per heavy atom. The Morgan fingerprint density at radius 2 is 1.94 bits per heavy atom. The van der Waals surface area contributed by atoms with Crippen molar-refractivity contribution < 1.29 is 19.5 Å². The Kier molecular flexibility index (Phi) is 7.42. The molecule has 0 aromatic rings. The summed E-state index contributed by atoms with van der Waals surface area (Å²) >= 11 is 0. The summed E-state index contributed by atoms with van der Waals surface area (Å²) < 4.78 is 0. The summed E-state index contributed by atoms with van der Waals surface area (Å²) in [5, 5.41) is 11.2. The fourth-order valence-corrected chi connectivity index (χ4v) is 1.45. The molecule has 6 heteroatoms. The van der Waals surface area contributed by atoms with Crippen LogP contribution in [0, 0.1) is 0 Å². The summed E-state index contributed by atoms with van der Waals surface area (Å²) in [7, 11) is 0. The highest BCUT2D eigenvalue weighted by Gasteiger charge is 2.19. The molecule has 0 saturated heterocycles. The molecule has 0 unspecified atom stereocenters. The second-order valence-electron chi connectivity index (χ2n) is 4.15. The topological polar surface area (TPSA) is 109 Å². The van der Waals surface area contributed by atoms with Gasteiger partial charge in [-0.2, -0.15) is 0 Å². The van der Waals surface area contributed by atoms with Crippen molar-refractivity contribution in [3.05, 3.63) is 11.6 Å². The lowest BCUT2D eigenvalue weighted by Gasteiger charge is -2.12. The van der Waals surface area contributed by atoms with Gasteiger partial charge in [-0.05, 0) is 19.8 Å². The molecule has 18 heavy (non-hydrogen) atoms. The molecule has 0 heterocycles. The Balaban J connectivity index is 4.41. The summed E-state index contributed by atoms with van der Waals surface area (Å²) in [6, 6.07) is -1.09. The maximum absolute atomic E-state index is 11.5. The minimum Gasteiger partial charge on any atom is -0.480 e. The second kappa shape index (κ2) is 8.27. The fourth-order valence-electron chi connectivity index (χ4n) is 1.45. The van der Waals surface area contributed by atoms with E-state index in [0.29, 0.717) is 0 Å². The molecule has 0 bridgehead atoms. The molecular weight excluding hydrogens is 236 g/mol. The Labute approximate surface area is 106 Å². The Morgan fingerprint density at radius 3 is 2.39 bits per heavy atom. The van der Waals surface area contributed by atoms with Crippen molar-refractivity contribution in [1.29, 1.82) is 0 Å². The molecule has 0 aromatic carbocycles. The van der Waals surface area contributed by atoms with E-state index >= 15 is 0 Å². The first-order valence-electron chi connectivity index (χ1n) is 5.85. The lowest BCUT2D eigenvalue weighted by atomic mass is 10.1. The van der Waals surface area contributed by atoms with Crippen LogP contribution in [0.1, 0.15) is 39.5 Å². The number of nitrogens with one attached hydrogen (secondary N) is 1. The van der Waals surface area contributed by atoms with Gasteiger partial charge in [0.1, 0.15) is 6.04 Å². The minimum absolute atomic E-state index is 0.00290. The SMILES string of the molecule is CCC/C(C)=C/C(=O)N[C@@H](CCC(N)=O)C(=O)O. The van der Waals surface area contributed by atoms with Crippen molar-refractivity contribution in [3.8, 4) is 0 Å². The van der Waals surface area contributed by atoms with Crippen molar-refractivity contribution in [1.82, 2.24) is 5.32 Å². The number of carbonyl (C=O) groups excluding carboxylic acids is 2. The predicted octanol–water partition coefficient (Wildman–Crippen LogP) is 0.568. The Bertz CT molecular complexity index is 350. The van der Waals surface area contributed by atoms with Crippen LogP contribution >= 0.6 is 0 Å². The van der Waals surface area contributed by atoms with E-state index in [1.165, 1.54) is 6.08 Å². The van der Waals surface area contributed by atoms with E-state index in [1.807, 2.05) is 13.8 Å². The third-order valence-corrected chi connectivity index (χ3v) is 2.32. The van der Waals surface area contributed by atoms with Gasteiger partial charge in [0.15, 0.2) is 0 Å². The van der Waals surface area contributed by atoms with E-state index < -0.39 is 23.8 Å². The highest BCUT2D eigenvalue weighted by molar-refractivity contribution is 5.91. The monoisotopic (exact) mass is 256 g/mol. The zero-order valence-electron chi connectivity index (χ0n) is 10.7. The van der Waals surface area contributed by atoms with Gasteiger partial charge in [-0.15, -0.1) is 0 Å². The summed E-state index contributed by atoms with van der Waals surface area (Å²) in [4.78, 5) is 33.0. The van der Waals surface area contributed by atoms with Gasteiger partial charge in [0, 0.05) is 12.5 Å². The summed E-state index contributed by atoms with van der Waals surface area (Å²) in [6.07, 6.45) is 3.00. The molecule has 0 fully saturated rings. The normalized spacial score (nSPS) is 12.9. The maximum Gasteiger partial charge on any atom is 0.326 e. The number of carbonyl (C=O) groups is 3. The minimum atomic E-state index is -1.17. The van der Waals surface area contributed by atoms with Crippen molar-refractivity contribution in [3.63, 3.8) is 0 Å². The number of carboxylic acid groups (broad SMARTS) is 1. The van der Waals surface area contributed by atoms with E-state index in [4.69, 9.17) is 10.8 Å². The molecule has 0 aliphatic rings. The largest absolute Gasteiger partial charge is 0.480 e. The van der Waals surface area contributed by atoms with Crippen molar-refractivity contribution in [2.24, 2.45) is 5.73 Å². The Hall–Kier alpha value is -1.85. The molecule has 1 atom stereocenters. The van der Waals surface area contributed by atoms with Crippen molar-refractivity contribution in [2.45, 2.75) is 45.6 Å². The van der Waals surface area contributed by atoms with E-state index in [9.17, 15) is 14.4 Å². The summed E-state index contributed by atoms with van der Waals surface area (Å²) in [5.41, 5.74) is 5.82. The van der Waals surface area contributed by atoms with Gasteiger partial charge in [-0.3, -0.25) is 9.59 Å². The molecule has 0 aromatic heterocycles. The maximum atomic E-state index is 11.5. The zero-order chi connectivity index (χ0) is 14.1. The molecule has 2 amide bonds. The first kappa shape index (κ1) is 16.1. The highest BCUT2D eigenvalue weighted by Crippen LogP contribution is 2.03. The van der Waals surface area contributed by atoms with Gasteiger partial charge >= 0.3 is 5.97 Å². The van der Waals surface area contributed by atoms with Crippen LogP contribution in [-0.4, -0.2) is 28.9 Å². The molecule has 4 N–H and O–H groups in total. The van der Waals surface area contributed by atoms with Crippen LogP contribution in [0.4, 0.5) is 0 Å². The van der Waals surface area contributed by atoms with Gasteiger partial charge in [0.25, 0.3) is 0 Å². The van der Waals surface area contributed by atoms with Gasteiger partial charge in [-0.1, -0.05) is 18.9 Å². The number of aliphatic carboxylic acids is 1. The summed E-state index contributed by atoms with van der Waals surface area (Å²) in [5.74, 6) is -2.22. The first-order chi connectivity index (χ1) is 8.36. The third kappa shape index (κ3) is 7.43. The molecule has 102 valence electrons. The van der Waals surface area contributed by atoms with E-state index in [2.05, 4.69) is 5.32 Å². The summed E-state index contributed by atoms with van der Waals surface area (Å²) in [6.45, 7) is 3.80. The average Bonchev–Trinajstić information content (AvgIpc) is 2.23. The standard InChI is InChI=1S/C12H20N2O4/c1-3-4-8(2)7-11(16)14-9(12(17)18)5-6-10(13)15/h7,9H,3-6H2,1-2H3,(H2,13,15)(H,14,16)(H,17,18)/b8-7+/t9-/m0/s1. The van der Waals surface area contributed by atoms with Crippen LogP contribution in [0.5, 0.6) is 0 Å². The molecule has 0 radical (unpaired) electrons.